The summed E-state index contributed by atoms with van der Waals surface area (Å²) < 4.78 is 2.14. The number of aliphatic imine (C=N–C) groups is 2. The van der Waals surface area contributed by atoms with Crippen LogP contribution in [0.2, 0.25) is 5.02 Å². The second kappa shape index (κ2) is 15.4. The largest absolute Gasteiger partial charge is 0.381 e. The van der Waals surface area contributed by atoms with Crippen molar-refractivity contribution in [1.82, 2.24) is 10.6 Å². The smallest absolute Gasteiger partial charge is 0.167 e. The van der Waals surface area contributed by atoms with Gasteiger partial charge in [-0.3, -0.25) is 11.6 Å². The van der Waals surface area contributed by atoms with E-state index < -0.39 is 0 Å². The Morgan fingerprint density at radius 3 is 2.54 bits per heavy atom. The second-order valence-electron chi connectivity index (χ2n) is 8.83. The third-order valence-corrected chi connectivity index (χ3v) is 6.00. The minimum Gasteiger partial charge on any atom is -0.381 e. The van der Waals surface area contributed by atoms with Crippen LogP contribution in [0.3, 0.4) is 0 Å². The summed E-state index contributed by atoms with van der Waals surface area (Å²) in [5.74, 6) is 0.569. The van der Waals surface area contributed by atoms with Gasteiger partial charge in [0.1, 0.15) is 25.5 Å². The van der Waals surface area contributed by atoms with Gasteiger partial charge in [0.25, 0.3) is 0 Å². The molecule has 5 nitrogen and oxygen atoms in total. The SMILES string of the molecule is [CH-]=C(C)/C=C\C(=C)NC1=NC(C)=C(C(=C)NC/C(C=[N+](C)CC)=C/C)C(c2ccc(C)cc2Cl)N=C1.[V]. The number of amidine groups is 1. The van der Waals surface area contributed by atoms with E-state index in [1.807, 2.05) is 45.9 Å². The van der Waals surface area contributed by atoms with Crippen LogP contribution in [0.5, 0.6) is 0 Å². The average molecular weight is 555 g/mol. The molecule has 37 heavy (non-hydrogen) atoms. The van der Waals surface area contributed by atoms with Crippen LogP contribution in [0.15, 0.2) is 93.4 Å². The third kappa shape index (κ3) is 9.85. The number of rotatable bonds is 10. The molecule has 0 bridgehead atoms. The predicted octanol–water partition coefficient (Wildman–Crippen LogP) is 6.27. The molecule has 0 saturated carbocycles. The van der Waals surface area contributed by atoms with Crippen LogP contribution in [0.1, 0.15) is 44.9 Å². The van der Waals surface area contributed by atoms with Crippen molar-refractivity contribution in [3.8, 4) is 0 Å². The minimum absolute atomic E-state index is 0. The second-order valence-corrected chi connectivity index (χ2v) is 9.23. The van der Waals surface area contributed by atoms with Gasteiger partial charge in [0, 0.05) is 58.4 Å². The molecule has 1 heterocycles. The molecule has 0 aromatic heterocycles. The maximum atomic E-state index is 6.69. The van der Waals surface area contributed by atoms with E-state index in [9.17, 15) is 0 Å². The molecule has 195 valence electrons. The van der Waals surface area contributed by atoms with Gasteiger partial charge in [-0.05, 0) is 44.9 Å². The van der Waals surface area contributed by atoms with E-state index in [0.29, 0.717) is 28.7 Å². The van der Waals surface area contributed by atoms with Gasteiger partial charge >= 0.3 is 0 Å². The Labute approximate surface area is 239 Å². The van der Waals surface area contributed by atoms with Crippen molar-refractivity contribution < 1.29 is 23.1 Å². The molecule has 0 fully saturated rings. The fourth-order valence-electron chi connectivity index (χ4n) is 3.56. The quantitative estimate of drug-likeness (QED) is 0.155. The Balaban J connectivity index is 0.00000684. The number of aryl methyl sites for hydroxylation is 1. The summed E-state index contributed by atoms with van der Waals surface area (Å²) in [6.45, 7) is 25.6. The summed E-state index contributed by atoms with van der Waals surface area (Å²) in [5.41, 5.74) is 6.87. The Bertz CT molecular complexity index is 1210. The van der Waals surface area contributed by atoms with E-state index in [-0.39, 0.29) is 24.6 Å². The van der Waals surface area contributed by atoms with E-state index in [4.69, 9.17) is 28.2 Å². The number of nitrogens with zero attached hydrogens (tertiary/aromatic N) is 3. The molecule has 0 saturated heterocycles. The van der Waals surface area contributed by atoms with Crippen LogP contribution in [0.25, 0.3) is 0 Å². The topological polar surface area (TPSA) is 51.8 Å². The zero-order valence-electron chi connectivity index (χ0n) is 22.8. The number of benzene rings is 1. The predicted molar refractivity (Wildman–Crippen MR) is 156 cm³/mol. The molecule has 2 N–H and O–H groups in total. The monoisotopic (exact) mass is 554 g/mol. The van der Waals surface area contributed by atoms with Gasteiger partial charge in [-0.25, -0.2) is 21.2 Å². The third-order valence-electron chi connectivity index (χ3n) is 5.67. The first-order chi connectivity index (χ1) is 17.0. The van der Waals surface area contributed by atoms with Crippen molar-refractivity contribution in [2.45, 2.75) is 40.7 Å². The van der Waals surface area contributed by atoms with E-state index in [0.717, 1.165) is 40.2 Å². The number of hydrogen-bond acceptors (Lipinski definition) is 4. The Morgan fingerprint density at radius 2 is 1.95 bits per heavy atom. The van der Waals surface area contributed by atoms with Crippen molar-refractivity contribution in [2.75, 3.05) is 20.1 Å². The molecule has 1 atom stereocenters. The minimum atomic E-state index is -0.374. The van der Waals surface area contributed by atoms with E-state index in [2.05, 4.69) is 54.6 Å². The van der Waals surface area contributed by atoms with Gasteiger partial charge in [0.05, 0.1) is 6.21 Å². The molecule has 0 amide bonds. The van der Waals surface area contributed by atoms with Gasteiger partial charge in [-0.15, -0.1) is 6.08 Å². The van der Waals surface area contributed by atoms with Crippen LogP contribution in [-0.4, -0.2) is 43.0 Å². The standard InChI is InChI=1S/C30H38ClN5.V/c1-10-25(19-36(9)11-2)17-32-23(7)29-24(8)35-28(34-22(6)14-12-20(3)4)18-33-30(29)26-15-13-21(5)16-27(26)31;/h3,10,12-16,18-19,30,32H,6-7,11,17H2,1-2,4-5,8-9H3,(H,34,35);/b14-12-,25-10-,36-19?;. The normalized spacial score (nSPS) is 16.2. The summed E-state index contributed by atoms with van der Waals surface area (Å²) in [4.78, 5) is 9.69. The van der Waals surface area contributed by atoms with Crippen molar-refractivity contribution in [3.05, 3.63) is 106 Å². The van der Waals surface area contributed by atoms with Crippen molar-refractivity contribution in [3.63, 3.8) is 0 Å². The van der Waals surface area contributed by atoms with E-state index >= 15 is 0 Å². The van der Waals surface area contributed by atoms with Crippen molar-refractivity contribution in [2.24, 2.45) is 9.98 Å². The number of halogens is 1. The van der Waals surface area contributed by atoms with Crippen molar-refractivity contribution in [1.29, 1.82) is 0 Å². The van der Waals surface area contributed by atoms with Crippen molar-refractivity contribution >= 4 is 29.9 Å². The van der Waals surface area contributed by atoms with Crippen LogP contribution < -0.4 is 10.6 Å². The van der Waals surface area contributed by atoms with Crippen LogP contribution in [0, 0.1) is 13.5 Å². The fraction of sp³-hybridized carbons (Fsp3) is 0.300. The average Bonchev–Trinajstić information content (AvgIpc) is 2.98. The first kappa shape index (κ1) is 32.2. The maximum absolute atomic E-state index is 6.69. The van der Waals surface area contributed by atoms with Gasteiger partial charge < -0.3 is 10.6 Å². The van der Waals surface area contributed by atoms with E-state index in [1.54, 1.807) is 18.4 Å². The first-order valence-electron chi connectivity index (χ1n) is 12.0. The molecule has 0 aliphatic carbocycles. The molecule has 1 aliphatic rings. The molecule has 2 rings (SSSR count). The molecule has 1 aliphatic heterocycles. The molecule has 1 unspecified atom stereocenters. The van der Waals surface area contributed by atoms with Crippen LogP contribution >= 0.6 is 11.6 Å². The first-order valence-corrected chi connectivity index (χ1v) is 12.4. The number of hydrogen-bond donors (Lipinski definition) is 2. The Hall–Kier alpha value is -2.86. The summed E-state index contributed by atoms with van der Waals surface area (Å²) in [7, 11) is 2.06. The zero-order valence-corrected chi connectivity index (χ0v) is 24.9. The molecule has 0 spiro atoms. The molecule has 1 radical (unpaired) electrons. The van der Waals surface area contributed by atoms with Crippen LogP contribution in [0.4, 0.5) is 0 Å². The summed E-state index contributed by atoms with van der Waals surface area (Å²) >= 11 is 6.69. The molecular weight excluding hydrogens is 517 g/mol. The van der Waals surface area contributed by atoms with Crippen LogP contribution in [-0.2, 0) is 18.6 Å². The Kier molecular flexibility index (Phi) is 13.4. The molecule has 7 heteroatoms. The number of nitrogens with one attached hydrogen (secondary N) is 2. The van der Waals surface area contributed by atoms with Gasteiger partial charge in [-0.1, -0.05) is 49.9 Å². The zero-order chi connectivity index (χ0) is 26.8. The molecule has 1 aromatic carbocycles. The molecule has 1 aromatic rings. The Morgan fingerprint density at radius 1 is 1.24 bits per heavy atom. The molecular formula is C30H38ClN5V. The number of allylic oxidation sites excluding steroid dienone is 5. The fourth-order valence-corrected chi connectivity index (χ4v) is 3.90. The van der Waals surface area contributed by atoms with Gasteiger partial charge in [0.15, 0.2) is 6.21 Å². The summed E-state index contributed by atoms with van der Waals surface area (Å²) in [5, 5.41) is 7.33. The van der Waals surface area contributed by atoms with E-state index in [1.165, 1.54) is 0 Å². The maximum Gasteiger partial charge on any atom is 0.167 e. The summed E-state index contributed by atoms with van der Waals surface area (Å²) in [6.07, 6.45) is 9.51. The van der Waals surface area contributed by atoms with Gasteiger partial charge in [0.2, 0.25) is 0 Å². The summed E-state index contributed by atoms with van der Waals surface area (Å²) in [6, 6.07) is 5.63. The van der Waals surface area contributed by atoms with Gasteiger partial charge in [-0.2, -0.15) is 0 Å².